The van der Waals surface area contributed by atoms with Crippen molar-refractivity contribution >= 4 is 16.6 Å². The van der Waals surface area contributed by atoms with E-state index in [1.165, 1.54) is 18.4 Å². The van der Waals surface area contributed by atoms with Gasteiger partial charge in [-0.15, -0.1) is 5.10 Å². The number of hydrogen-bond donors (Lipinski definition) is 1. The summed E-state index contributed by atoms with van der Waals surface area (Å²) in [5.74, 6) is 1.64. The Hall–Kier alpha value is -3.72. The van der Waals surface area contributed by atoms with Gasteiger partial charge in [0.15, 0.2) is 5.82 Å². The Kier molecular flexibility index (Phi) is 6.61. The fourth-order valence-electron chi connectivity index (χ4n) is 6.31. The van der Waals surface area contributed by atoms with Gasteiger partial charge in [-0.3, -0.25) is 9.69 Å². The van der Waals surface area contributed by atoms with Gasteiger partial charge in [-0.25, -0.2) is 4.68 Å². The molecule has 9 nitrogen and oxygen atoms in total. The number of aromatic amines is 1. The zero-order valence-electron chi connectivity index (χ0n) is 22.4. The molecule has 2 aliphatic rings. The maximum atomic E-state index is 13.7. The number of anilines is 1. The van der Waals surface area contributed by atoms with Gasteiger partial charge in [-0.05, 0) is 72.3 Å². The van der Waals surface area contributed by atoms with Crippen molar-refractivity contribution in [1.82, 2.24) is 30.1 Å². The van der Waals surface area contributed by atoms with Gasteiger partial charge >= 0.3 is 0 Å². The molecule has 1 aliphatic carbocycles. The van der Waals surface area contributed by atoms with E-state index in [-0.39, 0.29) is 17.6 Å². The summed E-state index contributed by atoms with van der Waals surface area (Å²) in [5, 5.41) is 14.1. The van der Waals surface area contributed by atoms with Crippen LogP contribution in [0.2, 0.25) is 0 Å². The van der Waals surface area contributed by atoms with Crippen LogP contribution in [0.15, 0.2) is 47.3 Å². The summed E-state index contributed by atoms with van der Waals surface area (Å²) < 4.78 is 7.61. The number of rotatable bonds is 6. The molecule has 9 heteroatoms. The number of methoxy groups -OCH3 is 1. The summed E-state index contributed by atoms with van der Waals surface area (Å²) in [7, 11) is 1.71. The average Bonchev–Trinajstić information content (AvgIpc) is 3.63. The summed E-state index contributed by atoms with van der Waals surface area (Å²) in [6, 6.07) is 14.4. The van der Waals surface area contributed by atoms with Gasteiger partial charge in [0.25, 0.3) is 5.56 Å². The number of para-hydroxylation sites is 2. The van der Waals surface area contributed by atoms with E-state index < -0.39 is 0 Å². The molecular formula is C29H35N7O2. The predicted octanol–water partition coefficient (Wildman–Crippen LogP) is 4.17. The largest absolute Gasteiger partial charge is 0.495 e. The first kappa shape index (κ1) is 24.6. The molecule has 38 heavy (non-hydrogen) atoms. The van der Waals surface area contributed by atoms with Gasteiger partial charge in [0.05, 0.1) is 24.4 Å². The van der Waals surface area contributed by atoms with Crippen molar-refractivity contribution in [2.75, 3.05) is 38.2 Å². The number of tetrazole rings is 1. The lowest BCUT2D eigenvalue weighted by Gasteiger charge is -2.40. The van der Waals surface area contributed by atoms with Crippen LogP contribution in [0, 0.1) is 13.8 Å². The van der Waals surface area contributed by atoms with E-state index in [2.05, 4.69) is 61.5 Å². The van der Waals surface area contributed by atoms with Crippen LogP contribution in [0.5, 0.6) is 5.75 Å². The number of nitrogens with zero attached hydrogens (tertiary/aromatic N) is 6. The van der Waals surface area contributed by atoms with E-state index in [1.807, 2.05) is 29.8 Å². The molecular weight excluding hydrogens is 478 g/mol. The number of fused-ring (bicyclic) bond motifs is 1. The second-order valence-electron chi connectivity index (χ2n) is 10.6. The molecule has 2 fully saturated rings. The molecule has 4 aromatic rings. The average molecular weight is 514 g/mol. The molecule has 6 rings (SSSR count). The molecule has 0 spiro atoms. The predicted molar refractivity (Wildman–Crippen MR) is 148 cm³/mol. The Bertz CT molecular complexity index is 1500. The number of ether oxygens (including phenoxy) is 1. The molecule has 1 atom stereocenters. The Morgan fingerprint density at radius 1 is 1.03 bits per heavy atom. The van der Waals surface area contributed by atoms with Gasteiger partial charge in [-0.1, -0.05) is 36.6 Å². The van der Waals surface area contributed by atoms with Crippen LogP contribution in [0.3, 0.4) is 0 Å². The first-order valence-electron chi connectivity index (χ1n) is 13.6. The number of nitrogens with one attached hydrogen (secondary N) is 1. The second kappa shape index (κ2) is 10.2. The number of hydrogen-bond acceptors (Lipinski definition) is 7. The Morgan fingerprint density at radius 3 is 2.55 bits per heavy atom. The van der Waals surface area contributed by atoms with Gasteiger partial charge in [0.1, 0.15) is 11.8 Å². The highest BCUT2D eigenvalue weighted by Crippen LogP contribution is 2.35. The summed E-state index contributed by atoms with van der Waals surface area (Å²) >= 11 is 0. The fourth-order valence-corrected chi connectivity index (χ4v) is 6.31. The van der Waals surface area contributed by atoms with Crippen molar-refractivity contribution in [1.29, 1.82) is 0 Å². The van der Waals surface area contributed by atoms with Gasteiger partial charge in [-0.2, -0.15) is 0 Å². The van der Waals surface area contributed by atoms with Crippen LogP contribution in [0.25, 0.3) is 10.9 Å². The Morgan fingerprint density at radius 2 is 1.79 bits per heavy atom. The normalized spacial score (nSPS) is 17.8. The molecule has 0 radical (unpaired) electrons. The molecule has 1 saturated carbocycles. The van der Waals surface area contributed by atoms with Crippen LogP contribution in [-0.2, 0) is 0 Å². The van der Waals surface area contributed by atoms with Crippen LogP contribution in [0.1, 0.15) is 60.3 Å². The fraction of sp³-hybridized carbons (Fsp3) is 0.448. The molecule has 1 aliphatic heterocycles. The molecule has 2 aromatic carbocycles. The molecule has 2 aromatic heterocycles. The summed E-state index contributed by atoms with van der Waals surface area (Å²) in [6.07, 6.45) is 4.50. The maximum Gasteiger partial charge on any atom is 0.253 e. The smallest absolute Gasteiger partial charge is 0.253 e. The van der Waals surface area contributed by atoms with Crippen molar-refractivity contribution in [3.05, 3.63) is 75.3 Å². The first-order valence-corrected chi connectivity index (χ1v) is 13.6. The van der Waals surface area contributed by atoms with E-state index in [4.69, 9.17) is 4.74 Å². The lowest BCUT2D eigenvalue weighted by atomic mass is 10.00. The minimum atomic E-state index is -0.334. The standard InChI is InChI=1S/C29H35N7O2/c1-19-16-20(2)26-21(17-19)18-23(29(37)30-26)27(28-31-32-33-36(28)22-8-4-5-9-22)35-14-12-34(13-15-35)24-10-6-7-11-25(24)38-3/h6-7,10-11,16-18,22,27H,4-5,8-9,12-15H2,1-3H3,(H,30,37). The molecule has 1 unspecified atom stereocenters. The minimum absolute atomic E-state index is 0.0809. The van der Waals surface area contributed by atoms with Crippen molar-refractivity contribution in [3.63, 3.8) is 0 Å². The monoisotopic (exact) mass is 513 g/mol. The zero-order chi connectivity index (χ0) is 26.2. The number of pyridine rings is 1. The second-order valence-corrected chi connectivity index (χ2v) is 10.6. The lowest BCUT2D eigenvalue weighted by Crippen LogP contribution is -2.49. The topological polar surface area (TPSA) is 92.2 Å². The number of aromatic nitrogens is 5. The third-order valence-corrected chi connectivity index (χ3v) is 8.16. The summed E-state index contributed by atoms with van der Waals surface area (Å²) in [4.78, 5) is 21.6. The number of H-pyrrole nitrogens is 1. The quantitative estimate of drug-likeness (QED) is 0.414. The van der Waals surface area contributed by atoms with E-state index in [0.29, 0.717) is 5.56 Å². The lowest BCUT2D eigenvalue weighted by molar-refractivity contribution is 0.196. The van der Waals surface area contributed by atoms with E-state index in [0.717, 1.165) is 72.7 Å². The van der Waals surface area contributed by atoms with Crippen molar-refractivity contribution < 1.29 is 4.74 Å². The van der Waals surface area contributed by atoms with Gasteiger partial charge in [0, 0.05) is 31.7 Å². The van der Waals surface area contributed by atoms with Crippen LogP contribution in [-0.4, -0.2) is 63.4 Å². The van der Waals surface area contributed by atoms with Crippen molar-refractivity contribution in [2.45, 2.75) is 51.6 Å². The summed E-state index contributed by atoms with van der Waals surface area (Å²) in [5.41, 5.74) is 4.84. The molecule has 1 N–H and O–H groups in total. The minimum Gasteiger partial charge on any atom is -0.495 e. The van der Waals surface area contributed by atoms with Crippen molar-refractivity contribution in [3.8, 4) is 5.75 Å². The Balaban J connectivity index is 1.40. The third-order valence-electron chi connectivity index (χ3n) is 8.16. The zero-order valence-corrected chi connectivity index (χ0v) is 22.4. The van der Waals surface area contributed by atoms with Gasteiger partial charge < -0.3 is 14.6 Å². The molecule has 0 amide bonds. The highest BCUT2D eigenvalue weighted by Gasteiger charge is 2.35. The van der Waals surface area contributed by atoms with Crippen LogP contribution >= 0.6 is 0 Å². The third kappa shape index (κ3) is 4.45. The summed E-state index contributed by atoms with van der Waals surface area (Å²) in [6.45, 7) is 7.29. The van der Waals surface area contributed by atoms with Gasteiger partial charge in [0.2, 0.25) is 0 Å². The Labute approximate surface area is 222 Å². The van der Waals surface area contributed by atoms with E-state index in [9.17, 15) is 4.79 Å². The molecule has 198 valence electrons. The van der Waals surface area contributed by atoms with E-state index >= 15 is 0 Å². The van der Waals surface area contributed by atoms with E-state index in [1.54, 1.807) is 7.11 Å². The highest BCUT2D eigenvalue weighted by atomic mass is 16.5. The van der Waals surface area contributed by atoms with Crippen LogP contribution in [0.4, 0.5) is 5.69 Å². The number of aryl methyl sites for hydroxylation is 2. The molecule has 1 saturated heterocycles. The maximum absolute atomic E-state index is 13.7. The number of piperazine rings is 1. The number of benzene rings is 2. The van der Waals surface area contributed by atoms with Crippen LogP contribution < -0.4 is 15.2 Å². The molecule has 0 bridgehead atoms. The SMILES string of the molecule is COc1ccccc1N1CCN(C(c2cc3cc(C)cc(C)c3[nH]c2=O)c2nnnn2C2CCCC2)CC1. The van der Waals surface area contributed by atoms with Crippen molar-refractivity contribution in [2.24, 2.45) is 0 Å². The molecule has 3 heterocycles. The first-order chi connectivity index (χ1) is 18.5. The highest BCUT2D eigenvalue weighted by molar-refractivity contribution is 5.83.